The van der Waals surface area contributed by atoms with Crippen molar-refractivity contribution >= 4 is 21.9 Å². The third kappa shape index (κ3) is 2.36. The summed E-state index contributed by atoms with van der Waals surface area (Å²) in [6.45, 7) is 0. The molecule has 0 radical (unpaired) electrons. The molecule has 1 N–H and O–H groups in total. The Bertz CT molecular complexity index is 581. The van der Waals surface area contributed by atoms with E-state index in [2.05, 4.69) is 15.9 Å². The van der Waals surface area contributed by atoms with Gasteiger partial charge in [-0.3, -0.25) is 0 Å². The highest BCUT2D eigenvalue weighted by Gasteiger charge is 2.11. The van der Waals surface area contributed by atoms with Crippen LogP contribution < -0.4 is 0 Å². The lowest BCUT2D eigenvalue weighted by molar-refractivity contribution is 0.0697. The highest BCUT2D eigenvalue weighted by atomic mass is 79.9. The molecule has 0 aliphatic heterocycles. The first kappa shape index (κ1) is 11.8. The first-order valence-electron chi connectivity index (χ1n) is 4.87. The van der Waals surface area contributed by atoms with Crippen LogP contribution in [0, 0.1) is 5.82 Å². The van der Waals surface area contributed by atoms with Gasteiger partial charge in [-0.15, -0.1) is 0 Å². The number of hydrogen-bond donors (Lipinski definition) is 1. The lowest BCUT2D eigenvalue weighted by Gasteiger charge is -2.07. The molecule has 0 bridgehead atoms. The van der Waals surface area contributed by atoms with Gasteiger partial charge in [-0.25, -0.2) is 9.18 Å². The van der Waals surface area contributed by atoms with E-state index in [0.717, 1.165) is 10.5 Å². The lowest BCUT2D eigenvalue weighted by Crippen LogP contribution is -1.97. The van der Waals surface area contributed by atoms with E-state index in [1.54, 1.807) is 18.2 Å². The van der Waals surface area contributed by atoms with Crippen LogP contribution in [0.15, 0.2) is 46.9 Å². The molecule has 0 saturated carbocycles. The van der Waals surface area contributed by atoms with Crippen molar-refractivity contribution in [3.05, 3.63) is 58.3 Å². The molecule has 17 heavy (non-hydrogen) atoms. The molecule has 4 heteroatoms. The Morgan fingerprint density at radius 3 is 2.47 bits per heavy atom. The van der Waals surface area contributed by atoms with Gasteiger partial charge in [0.05, 0.1) is 5.56 Å². The minimum Gasteiger partial charge on any atom is -0.478 e. The molecule has 2 nitrogen and oxygen atoms in total. The fourth-order valence-corrected chi connectivity index (χ4v) is 2.04. The van der Waals surface area contributed by atoms with Crippen LogP contribution in [0.1, 0.15) is 10.4 Å². The first-order valence-corrected chi connectivity index (χ1v) is 5.66. The van der Waals surface area contributed by atoms with E-state index in [9.17, 15) is 9.18 Å². The zero-order chi connectivity index (χ0) is 12.4. The second-order valence-electron chi connectivity index (χ2n) is 3.48. The maximum atomic E-state index is 13.7. The highest BCUT2D eigenvalue weighted by Crippen LogP contribution is 2.30. The average Bonchev–Trinajstić information content (AvgIpc) is 2.30. The third-order valence-electron chi connectivity index (χ3n) is 2.38. The predicted molar refractivity (Wildman–Crippen MR) is 66.5 cm³/mol. The standard InChI is InChI=1S/C13H8BrFO2/c14-11-4-2-1-3-9(11)10-7-8(13(16)17)5-6-12(10)15/h1-7H,(H,16,17). The Morgan fingerprint density at radius 1 is 1.12 bits per heavy atom. The van der Waals surface area contributed by atoms with Crippen LogP contribution >= 0.6 is 15.9 Å². The van der Waals surface area contributed by atoms with Gasteiger partial charge in [-0.05, 0) is 29.8 Å². The van der Waals surface area contributed by atoms with Crippen LogP contribution in [-0.2, 0) is 0 Å². The summed E-state index contributed by atoms with van der Waals surface area (Å²) >= 11 is 3.31. The predicted octanol–water partition coefficient (Wildman–Crippen LogP) is 3.95. The molecule has 0 amide bonds. The number of halogens is 2. The quantitative estimate of drug-likeness (QED) is 0.910. The van der Waals surface area contributed by atoms with Gasteiger partial charge in [0, 0.05) is 10.0 Å². The minimum atomic E-state index is -1.07. The van der Waals surface area contributed by atoms with Crippen molar-refractivity contribution in [3.8, 4) is 11.1 Å². The highest BCUT2D eigenvalue weighted by molar-refractivity contribution is 9.10. The van der Waals surface area contributed by atoms with Gasteiger partial charge < -0.3 is 5.11 Å². The summed E-state index contributed by atoms with van der Waals surface area (Å²) in [5.41, 5.74) is 0.975. The topological polar surface area (TPSA) is 37.3 Å². The van der Waals surface area contributed by atoms with Gasteiger partial charge in [0.2, 0.25) is 0 Å². The first-order chi connectivity index (χ1) is 8.09. The molecular formula is C13H8BrFO2. The molecule has 86 valence electrons. The molecule has 0 spiro atoms. The summed E-state index contributed by atoms with van der Waals surface area (Å²) in [4.78, 5) is 10.8. The molecule has 2 rings (SSSR count). The number of carboxylic acids is 1. The average molecular weight is 295 g/mol. The van der Waals surface area contributed by atoms with Crippen molar-refractivity contribution < 1.29 is 14.3 Å². The van der Waals surface area contributed by atoms with Gasteiger partial charge in [0.25, 0.3) is 0 Å². The Balaban J connectivity index is 2.63. The Morgan fingerprint density at radius 2 is 1.82 bits per heavy atom. The van der Waals surface area contributed by atoms with Crippen LogP contribution in [-0.4, -0.2) is 11.1 Å². The molecule has 0 atom stereocenters. The number of hydrogen-bond acceptors (Lipinski definition) is 1. The van der Waals surface area contributed by atoms with Crippen LogP contribution in [0.5, 0.6) is 0 Å². The molecule has 2 aromatic rings. The minimum absolute atomic E-state index is 0.0668. The summed E-state index contributed by atoms with van der Waals surface area (Å²) < 4.78 is 14.4. The molecular weight excluding hydrogens is 287 g/mol. The number of benzene rings is 2. The molecule has 0 aliphatic carbocycles. The summed E-state index contributed by atoms with van der Waals surface area (Å²) in [5.74, 6) is -1.51. The smallest absolute Gasteiger partial charge is 0.335 e. The molecule has 0 aliphatic rings. The van der Waals surface area contributed by atoms with Crippen LogP contribution in [0.3, 0.4) is 0 Å². The monoisotopic (exact) mass is 294 g/mol. The van der Waals surface area contributed by atoms with Crippen molar-refractivity contribution in [2.75, 3.05) is 0 Å². The van der Waals surface area contributed by atoms with Gasteiger partial charge >= 0.3 is 5.97 Å². The van der Waals surface area contributed by atoms with Crippen molar-refractivity contribution in [3.63, 3.8) is 0 Å². The zero-order valence-corrected chi connectivity index (χ0v) is 10.2. The van der Waals surface area contributed by atoms with Crippen molar-refractivity contribution in [2.24, 2.45) is 0 Å². The molecule has 0 fully saturated rings. The van der Waals surface area contributed by atoms with Crippen molar-refractivity contribution in [2.45, 2.75) is 0 Å². The van der Waals surface area contributed by atoms with Gasteiger partial charge in [0.15, 0.2) is 0 Å². The molecule has 0 saturated heterocycles. The fourth-order valence-electron chi connectivity index (χ4n) is 1.54. The normalized spacial score (nSPS) is 10.2. The largest absolute Gasteiger partial charge is 0.478 e. The van der Waals surface area contributed by atoms with E-state index in [1.807, 2.05) is 6.07 Å². The van der Waals surface area contributed by atoms with Crippen molar-refractivity contribution in [1.29, 1.82) is 0 Å². The van der Waals surface area contributed by atoms with E-state index in [-0.39, 0.29) is 11.1 Å². The third-order valence-corrected chi connectivity index (χ3v) is 3.07. The van der Waals surface area contributed by atoms with E-state index < -0.39 is 11.8 Å². The Hall–Kier alpha value is -1.68. The molecule has 0 heterocycles. The van der Waals surface area contributed by atoms with E-state index in [1.165, 1.54) is 12.1 Å². The summed E-state index contributed by atoms with van der Waals surface area (Å²) in [6.07, 6.45) is 0. The zero-order valence-electron chi connectivity index (χ0n) is 8.65. The van der Waals surface area contributed by atoms with E-state index >= 15 is 0 Å². The Labute approximate surface area is 106 Å². The molecule has 0 unspecified atom stereocenters. The molecule has 0 aromatic heterocycles. The van der Waals surface area contributed by atoms with Gasteiger partial charge in [0.1, 0.15) is 5.82 Å². The van der Waals surface area contributed by atoms with E-state index in [0.29, 0.717) is 5.56 Å². The lowest BCUT2D eigenvalue weighted by atomic mass is 10.0. The second kappa shape index (κ2) is 4.67. The maximum absolute atomic E-state index is 13.7. The SMILES string of the molecule is O=C(O)c1ccc(F)c(-c2ccccc2Br)c1. The fraction of sp³-hybridized carbons (Fsp3) is 0. The van der Waals surface area contributed by atoms with Crippen molar-refractivity contribution in [1.82, 2.24) is 0 Å². The Kier molecular flexibility index (Phi) is 3.24. The number of carboxylic acid groups (broad SMARTS) is 1. The second-order valence-corrected chi connectivity index (χ2v) is 4.33. The summed E-state index contributed by atoms with van der Waals surface area (Å²) in [6, 6.07) is 10.8. The van der Waals surface area contributed by atoms with Crippen LogP contribution in [0.2, 0.25) is 0 Å². The number of rotatable bonds is 2. The van der Waals surface area contributed by atoms with Gasteiger partial charge in [-0.2, -0.15) is 0 Å². The number of aromatic carboxylic acids is 1. The van der Waals surface area contributed by atoms with E-state index in [4.69, 9.17) is 5.11 Å². The van der Waals surface area contributed by atoms with Crippen LogP contribution in [0.25, 0.3) is 11.1 Å². The summed E-state index contributed by atoms with van der Waals surface area (Å²) in [5, 5.41) is 8.88. The summed E-state index contributed by atoms with van der Waals surface area (Å²) in [7, 11) is 0. The molecule has 2 aromatic carbocycles. The van der Waals surface area contributed by atoms with Crippen LogP contribution in [0.4, 0.5) is 4.39 Å². The number of carbonyl (C=O) groups is 1. The van der Waals surface area contributed by atoms with Gasteiger partial charge in [-0.1, -0.05) is 34.1 Å². The maximum Gasteiger partial charge on any atom is 0.335 e.